The predicted octanol–water partition coefficient (Wildman–Crippen LogP) is 1.97. The average Bonchev–Trinajstić information content (AvgIpc) is 2.50. The molecule has 2 atom stereocenters. The van der Waals surface area contributed by atoms with Gasteiger partial charge in [-0.3, -0.25) is 16.2 Å². The van der Waals surface area contributed by atoms with E-state index in [1.54, 1.807) is 0 Å². The quantitative estimate of drug-likeness (QED) is 0.645. The fourth-order valence-corrected chi connectivity index (χ4v) is 3.02. The van der Waals surface area contributed by atoms with Gasteiger partial charge in [0.1, 0.15) is 11.6 Å². The molecule has 0 bridgehead atoms. The first-order valence-corrected chi connectivity index (χ1v) is 7.26. The maximum atomic E-state index is 14.1. The van der Waals surface area contributed by atoms with E-state index in [9.17, 15) is 8.78 Å². The van der Waals surface area contributed by atoms with Gasteiger partial charge in [0.25, 0.3) is 0 Å². The molecule has 0 radical (unpaired) electrons. The van der Waals surface area contributed by atoms with Crippen LogP contribution in [0.4, 0.5) is 8.78 Å². The molecule has 1 aromatic carbocycles. The number of nitrogens with two attached hydrogens (primary N) is 1. The highest BCUT2D eigenvalue weighted by Crippen LogP contribution is 2.35. The zero-order chi connectivity index (χ0) is 15.5. The van der Waals surface area contributed by atoms with Crippen LogP contribution in [0.15, 0.2) is 18.2 Å². The smallest absolute Gasteiger partial charge is 0.131 e. The number of halogens is 2. The molecule has 1 aromatic rings. The first-order chi connectivity index (χ1) is 10.0. The van der Waals surface area contributed by atoms with Crippen LogP contribution in [0.5, 0.6) is 0 Å². The minimum absolute atomic E-state index is 0.378. The van der Waals surface area contributed by atoms with E-state index >= 15 is 0 Å². The van der Waals surface area contributed by atoms with E-state index in [1.807, 2.05) is 13.8 Å². The summed E-state index contributed by atoms with van der Waals surface area (Å²) in [6, 6.07) is 3.19. The Kier molecular flexibility index (Phi) is 5.27. The molecule has 2 unspecified atom stereocenters. The second-order valence-corrected chi connectivity index (χ2v) is 5.58. The molecule has 0 amide bonds. The number of hydrogen-bond acceptors (Lipinski definition) is 4. The number of rotatable bonds is 5. The maximum Gasteiger partial charge on any atom is 0.131 e. The number of hydrazine groups is 1. The molecule has 0 saturated carbocycles. The molecule has 4 nitrogen and oxygen atoms in total. The van der Waals surface area contributed by atoms with Gasteiger partial charge in [-0.15, -0.1) is 0 Å². The van der Waals surface area contributed by atoms with Gasteiger partial charge in [-0.25, -0.2) is 8.78 Å². The molecule has 1 saturated heterocycles. The van der Waals surface area contributed by atoms with Gasteiger partial charge in [0.05, 0.1) is 19.3 Å². The summed E-state index contributed by atoms with van der Waals surface area (Å²) in [6.45, 7) is 6.93. The highest BCUT2D eigenvalue weighted by molar-refractivity contribution is 5.25. The normalized spacial score (nSPS) is 21.0. The third-order valence-corrected chi connectivity index (χ3v) is 4.51. The Morgan fingerprint density at radius 1 is 1.38 bits per heavy atom. The molecule has 1 aliphatic rings. The molecule has 21 heavy (non-hydrogen) atoms. The number of morpholine rings is 1. The molecule has 1 heterocycles. The second-order valence-electron chi connectivity index (χ2n) is 5.58. The van der Waals surface area contributed by atoms with Crippen molar-refractivity contribution in [3.63, 3.8) is 0 Å². The molecule has 6 heteroatoms. The molecule has 0 aliphatic carbocycles. The Bertz CT molecular complexity index is 480. The minimum Gasteiger partial charge on any atom is -0.379 e. The lowest BCUT2D eigenvalue weighted by molar-refractivity contribution is -0.0333. The third-order valence-electron chi connectivity index (χ3n) is 4.51. The largest absolute Gasteiger partial charge is 0.379 e. The van der Waals surface area contributed by atoms with Crippen molar-refractivity contribution in [3.8, 4) is 0 Å². The van der Waals surface area contributed by atoms with Gasteiger partial charge in [0.15, 0.2) is 0 Å². The van der Waals surface area contributed by atoms with Crippen LogP contribution in [-0.2, 0) is 4.74 Å². The lowest BCUT2D eigenvalue weighted by Gasteiger charge is -2.47. The predicted molar refractivity (Wildman–Crippen MR) is 77.5 cm³/mol. The Labute approximate surface area is 124 Å². The molecular weight excluding hydrogens is 276 g/mol. The van der Waals surface area contributed by atoms with Crippen LogP contribution in [0.3, 0.4) is 0 Å². The van der Waals surface area contributed by atoms with Crippen molar-refractivity contribution in [1.82, 2.24) is 10.3 Å². The molecular formula is C15H23F2N3O. The Balaban J connectivity index is 2.35. The van der Waals surface area contributed by atoms with Crippen molar-refractivity contribution < 1.29 is 13.5 Å². The summed E-state index contributed by atoms with van der Waals surface area (Å²) < 4.78 is 32.7. The zero-order valence-corrected chi connectivity index (χ0v) is 12.5. The lowest BCUT2D eigenvalue weighted by Crippen LogP contribution is -2.58. The van der Waals surface area contributed by atoms with E-state index < -0.39 is 17.7 Å². The summed E-state index contributed by atoms with van der Waals surface area (Å²) in [5.41, 5.74) is 2.73. The SMILES string of the molecule is CCC(C)(C(NN)c1ccc(F)cc1F)N1CCOCC1. The van der Waals surface area contributed by atoms with Crippen LogP contribution < -0.4 is 11.3 Å². The number of nitrogens with one attached hydrogen (secondary N) is 1. The van der Waals surface area contributed by atoms with Crippen LogP contribution in [0.2, 0.25) is 0 Å². The van der Waals surface area contributed by atoms with Gasteiger partial charge in [-0.05, 0) is 19.4 Å². The minimum atomic E-state index is -0.586. The van der Waals surface area contributed by atoms with Crippen molar-refractivity contribution in [3.05, 3.63) is 35.4 Å². The second kappa shape index (κ2) is 6.79. The molecule has 2 rings (SSSR count). The van der Waals surface area contributed by atoms with Crippen LogP contribution >= 0.6 is 0 Å². The van der Waals surface area contributed by atoms with Crippen LogP contribution in [0, 0.1) is 11.6 Å². The standard InChI is InChI=1S/C15H23F2N3O/c1-3-15(2,20-6-8-21-9-7-20)14(19-18)12-5-4-11(16)10-13(12)17/h4-5,10,14,19H,3,6-9,18H2,1-2H3. The van der Waals surface area contributed by atoms with Gasteiger partial charge in [0.2, 0.25) is 0 Å². The Hall–Kier alpha value is -1.08. The average molecular weight is 299 g/mol. The monoisotopic (exact) mass is 299 g/mol. The van der Waals surface area contributed by atoms with Crippen LogP contribution in [0.1, 0.15) is 31.9 Å². The number of nitrogens with zero attached hydrogens (tertiary/aromatic N) is 1. The summed E-state index contributed by atoms with van der Waals surface area (Å²) in [5.74, 6) is 4.55. The highest BCUT2D eigenvalue weighted by atomic mass is 19.1. The van der Waals surface area contributed by atoms with Gasteiger partial charge in [-0.1, -0.05) is 13.0 Å². The van der Waals surface area contributed by atoms with Crippen molar-refractivity contribution in [2.24, 2.45) is 5.84 Å². The topological polar surface area (TPSA) is 50.5 Å². The van der Waals surface area contributed by atoms with Gasteiger partial charge >= 0.3 is 0 Å². The van der Waals surface area contributed by atoms with Crippen LogP contribution in [-0.4, -0.2) is 36.7 Å². The number of ether oxygens (including phenoxy) is 1. The van der Waals surface area contributed by atoms with Gasteiger partial charge in [-0.2, -0.15) is 0 Å². The molecule has 0 aromatic heterocycles. The van der Waals surface area contributed by atoms with E-state index in [1.165, 1.54) is 12.1 Å². The van der Waals surface area contributed by atoms with E-state index in [2.05, 4.69) is 10.3 Å². The molecule has 1 fully saturated rings. The summed E-state index contributed by atoms with van der Waals surface area (Å²) in [5, 5.41) is 0. The summed E-state index contributed by atoms with van der Waals surface area (Å²) in [4.78, 5) is 2.25. The summed E-state index contributed by atoms with van der Waals surface area (Å²) in [6.07, 6.45) is 0.776. The van der Waals surface area contributed by atoms with Crippen molar-refractivity contribution in [1.29, 1.82) is 0 Å². The van der Waals surface area contributed by atoms with Crippen molar-refractivity contribution >= 4 is 0 Å². The molecule has 3 N–H and O–H groups in total. The fraction of sp³-hybridized carbons (Fsp3) is 0.600. The first-order valence-electron chi connectivity index (χ1n) is 7.26. The Morgan fingerprint density at radius 3 is 2.57 bits per heavy atom. The summed E-state index contributed by atoms with van der Waals surface area (Å²) in [7, 11) is 0. The third kappa shape index (κ3) is 3.23. The van der Waals surface area contributed by atoms with Crippen LogP contribution in [0.25, 0.3) is 0 Å². The molecule has 1 aliphatic heterocycles. The van der Waals surface area contributed by atoms with E-state index in [4.69, 9.17) is 10.6 Å². The number of hydrogen-bond donors (Lipinski definition) is 2. The van der Waals surface area contributed by atoms with Gasteiger partial charge < -0.3 is 4.74 Å². The molecule has 0 spiro atoms. The van der Waals surface area contributed by atoms with E-state index in [-0.39, 0.29) is 5.54 Å². The van der Waals surface area contributed by atoms with E-state index in [0.717, 1.165) is 25.6 Å². The van der Waals surface area contributed by atoms with Crippen molar-refractivity contribution in [2.75, 3.05) is 26.3 Å². The maximum absolute atomic E-state index is 14.1. The van der Waals surface area contributed by atoms with Crippen molar-refractivity contribution in [2.45, 2.75) is 31.8 Å². The fourth-order valence-electron chi connectivity index (χ4n) is 3.02. The van der Waals surface area contributed by atoms with Gasteiger partial charge in [0, 0.05) is 30.3 Å². The summed E-state index contributed by atoms with van der Waals surface area (Å²) >= 11 is 0. The highest BCUT2D eigenvalue weighted by Gasteiger charge is 2.40. The molecule has 118 valence electrons. The zero-order valence-electron chi connectivity index (χ0n) is 12.5. The lowest BCUT2D eigenvalue weighted by atomic mass is 9.82. The first kappa shape index (κ1) is 16.3. The van der Waals surface area contributed by atoms with E-state index in [0.29, 0.717) is 18.8 Å². The Morgan fingerprint density at radius 2 is 2.05 bits per heavy atom. The number of benzene rings is 1.